The van der Waals surface area contributed by atoms with Crippen molar-refractivity contribution in [3.8, 4) is 0 Å². The van der Waals surface area contributed by atoms with Crippen LogP contribution in [0.5, 0.6) is 0 Å². The number of cyclic esters (lactones) is 1. The quantitative estimate of drug-likeness (QED) is 0.452. The van der Waals surface area contributed by atoms with Crippen molar-refractivity contribution in [1.82, 2.24) is 0 Å². The third-order valence-electron chi connectivity index (χ3n) is 1.86. The highest BCUT2D eigenvalue weighted by Gasteiger charge is 2.25. The lowest BCUT2D eigenvalue weighted by atomic mass is 10.1. The summed E-state index contributed by atoms with van der Waals surface area (Å²) in [4.78, 5) is 10.9. The van der Waals surface area contributed by atoms with Crippen molar-refractivity contribution in [2.75, 3.05) is 19.8 Å². The Labute approximate surface area is 66.7 Å². The van der Waals surface area contributed by atoms with Crippen LogP contribution in [-0.4, -0.2) is 25.8 Å². The number of hydrogen-bond donors (Lipinski definition) is 0. The number of ether oxygens (including phenoxy) is 2. The fraction of sp³-hybridized carbons (Fsp3) is 0.875. The molecule has 3 heteroatoms. The second-order valence-electron chi connectivity index (χ2n) is 2.64. The molecule has 0 aromatic carbocycles. The van der Waals surface area contributed by atoms with E-state index in [0.717, 1.165) is 19.4 Å². The van der Waals surface area contributed by atoms with Crippen molar-refractivity contribution in [2.45, 2.75) is 19.8 Å². The molecule has 1 heterocycles. The van der Waals surface area contributed by atoms with Crippen LogP contribution in [0.4, 0.5) is 0 Å². The molecule has 0 spiro atoms. The van der Waals surface area contributed by atoms with Crippen LogP contribution in [0.25, 0.3) is 0 Å². The molecule has 1 fully saturated rings. The van der Waals surface area contributed by atoms with Gasteiger partial charge in [-0.25, -0.2) is 0 Å². The van der Waals surface area contributed by atoms with Crippen molar-refractivity contribution in [3.63, 3.8) is 0 Å². The van der Waals surface area contributed by atoms with E-state index in [4.69, 9.17) is 9.47 Å². The third kappa shape index (κ3) is 2.50. The maximum Gasteiger partial charge on any atom is 0.309 e. The first-order valence-corrected chi connectivity index (χ1v) is 4.09. The molecule has 0 saturated carbocycles. The summed E-state index contributed by atoms with van der Waals surface area (Å²) < 4.78 is 9.94. The minimum atomic E-state index is -0.0512. The normalized spacial score (nSPS) is 23.7. The van der Waals surface area contributed by atoms with E-state index in [9.17, 15) is 4.79 Å². The predicted octanol–water partition coefficient (Wildman–Crippen LogP) is 0.976. The summed E-state index contributed by atoms with van der Waals surface area (Å²) in [6.07, 6.45) is 1.68. The first-order valence-electron chi connectivity index (χ1n) is 4.09. The van der Waals surface area contributed by atoms with Crippen molar-refractivity contribution in [1.29, 1.82) is 0 Å². The van der Waals surface area contributed by atoms with Gasteiger partial charge in [0.05, 0.1) is 12.5 Å². The molecule has 11 heavy (non-hydrogen) atoms. The van der Waals surface area contributed by atoms with E-state index >= 15 is 0 Å². The zero-order chi connectivity index (χ0) is 8.10. The highest BCUT2D eigenvalue weighted by molar-refractivity contribution is 5.73. The Morgan fingerprint density at radius 1 is 1.73 bits per heavy atom. The van der Waals surface area contributed by atoms with Crippen LogP contribution < -0.4 is 0 Å². The fourth-order valence-corrected chi connectivity index (χ4v) is 1.17. The van der Waals surface area contributed by atoms with E-state index in [1.54, 1.807) is 0 Å². The largest absolute Gasteiger partial charge is 0.465 e. The van der Waals surface area contributed by atoms with Crippen LogP contribution in [0, 0.1) is 5.92 Å². The molecule has 0 radical (unpaired) electrons. The van der Waals surface area contributed by atoms with Gasteiger partial charge in [0.15, 0.2) is 0 Å². The summed E-state index contributed by atoms with van der Waals surface area (Å²) in [6, 6.07) is 0. The third-order valence-corrected chi connectivity index (χ3v) is 1.86. The van der Waals surface area contributed by atoms with Gasteiger partial charge in [-0.3, -0.25) is 4.79 Å². The second-order valence-corrected chi connectivity index (χ2v) is 2.64. The van der Waals surface area contributed by atoms with Gasteiger partial charge in [-0.15, -0.1) is 0 Å². The van der Waals surface area contributed by atoms with E-state index in [0.29, 0.717) is 13.2 Å². The Balaban J connectivity index is 2.10. The molecule has 1 atom stereocenters. The molecular weight excluding hydrogens is 144 g/mol. The molecule has 0 aliphatic carbocycles. The van der Waals surface area contributed by atoms with Gasteiger partial charge in [0.1, 0.15) is 0 Å². The van der Waals surface area contributed by atoms with E-state index in [1.165, 1.54) is 0 Å². The Morgan fingerprint density at radius 2 is 2.55 bits per heavy atom. The lowest BCUT2D eigenvalue weighted by Gasteiger charge is -2.03. The number of carbonyl (C=O) groups is 1. The van der Waals surface area contributed by atoms with E-state index in [2.05, 4.69) is 0 Å². The topological polar surface area (TPSA) is 35.5 Å². The first-order chi connectivity index (χ1) is 5.34. The van der Waals surface area contributed by atoms with Gasteiger partial charge in [-0.05, 0) is 19.8 Å². The lowest BCUT2D eigenvalue weighted by molar-refractivity contribution is -0.141. The maximum atomic E-state index is 10.9. The van der Waals surface area contributed by atoms with Crippen molar-refractivity contribution >= 4 is 5.97 Å². The summed E-state index contributed by atoms with van der Waals surface area (Å²) in [5, 5.41) is 0. The van der Waals surface area contributed by atoms with Crippen LogP contribution in [0.1, 0.15) is 19.8 Å². The van der Waals surface area contributed by atoms with Crippen molar-refractivity contribution < 1.29 is 14.3 Å². The second kappa shape index (κ2) is 4.34. The Morgan fingerprint density at radius 3 is 3.09 bits per heavy atom. The summed E-state index contributed by atoms with van der Waals surface area (Å²) >= 11 is 0. The summed E-state index contributed by atoms with van der Waals surface area (Å²) in [6.45, 7) is 3.95. The van der Waals surface area contributed by atoms with Gasteiger partial charge in [0.2, 0.25) is 0 Å². The molecule has 0 amide bonds. The smallest absolute Gasteiger partial charge is 0.309 e. The van der Waals surface area contributed by atoms with Gasteiger partial charge in [0, 0.05) is 13.2 Å². The molecule has 1 saturated heterocycles. The van der Waals surface area contributed by atoms with E-state index < -0.39 is 0 Å². The Kier molecular flexibility index (Phi) is 3.36. The van der Waals surface area contributed by atoms with Gasteiger partial charge in [-0.2, -0.15) is 0 Å². The molecule has 64 valence electrons. The standard InChI is InChI=1S/C8H14O3/c1-2-10-5-3-7-4-6-11-8(7)9/h7H,2-6H2,1H3. The van der Waals surface area contributed by atoms with Crippen molar-refractivity contribution in [3.05, 3.63) is 0 Å². The molecular formula is C8H14O3. The minimum Gasteiger partial charge on any atom is -0.465 e. The van der Waals surface area contributed by atoms with Crippen LogP contribution in [0.2, 0.25) is 0 Å². The molecule has 0 aromatic heterocycles. The van der Waals surface area contributed by atoms with E-state index in [-0.39, 0.29) is 11.9 Å². The highest BCUT2D eigenvalue weighted by atomic mass is 16.5. The number of carbonyl (C=O) groups excluding carboxylic acids is 1. The molecule has 1 unspecified atom stereocenters. The van der Waals surface area contributed by atoms with Crippen LogP contribution in [0.15, 0.2) is 0 Å². The number of esters is 1. The van der Waals surface area contributed by atoms with Gasteiger partial charge in [-0.1, -0.05) is 0 Å². The SMILES string of the molecule is CCOCCC1CCOC1=O. The molecule has 1 aliphatic heterocycles. The average Bonchev–Trinajstić information content (AvgIpc) is 2.37. The van der Waals surface area contributed by atoms with Crippen molar-refractivity contribution in [2.24, 2.45) is 5.92 Å². The molecule has 0 bridgehead atoms. The minimum absolute atomic E-state index is 0.0512. The van der Waals surface area contributed by atoms with Crippen LogP contribution in [0.3, 0.4) is 0 Å². The number of rotatable bonds is 4. The fourth-order valence-electron chi connectivity index (χ4n) is 1.17. The highest BCUT2D eigenvalue weighted by Crippen LogP contribution is 2.17. The average molecular weight is 158 g/mol. The van der Waals surface area contributed by atoms with Crippen LogP contribution in [-0.2, 0) is 14.3 Å². The molecule has 3 nitrogen and oxygen atoms in total. The van der Waals surface area contributed by atoms with E-state index in [1.807, 2.05) is 6.92 Å². The van der Waals surface area contributed by atoms with Crippen LogP contribution >= 0.6 is 0 Å². The summed E-state index contributed by atoms with van der Waals surface area (Å²) in [5.41, 5.74) is 0. The molecule has 0 N–H and O–H groups in total. The first kappa shape index (κ1) is 8.53. The Hall–Kier alpha value is -0.570. The molecule has 1 rings (SSSR count). The maximum absolute atomic E-state index is 10.9. The Bertz CT molecular complexity index is 133. The summed E-state index contributed by atoms with van der Waals surface area (Å²) in [7, 11) is 0. The predicted molar refractivity (Wildman–Crippen MR) is 40.2 cm³/mol. The lowest BCUT2D eigenvalue weighted by Crippen LogP contribution is -2.10. The van der Waals surface area contributed by atoms with Gasteiger partial charge in [0.25, 0.3) is 0 Å². The van der Waals surface area contributed by atoms with Gasteiger partial charge >= 0.3 is 5.97 Å². The zero-order valence-corrected chi connectivity index (χ0v) is 6.84. The molecule has 1 aliphatic rings. The summed E-state index contributed by atoms with van der Waals surface area (Å²) in [5.74, 6) is 0.0475. The molecule has 0 aromatic rings. The monoisotopic (exact) mass is 158 g/mol. The number of hydrogen-bond acceptors (Lipinski definition) is 3. The zero-order valence-electron chi connectivity index (χ0n) is 6.84. The van der Waals surface area contributed by atoms with Gasteiger partial charge < -0.3 is 9.47 Å².